The Hall–Kier alpha value is -1.30. The van der Waals surface area contributed by atoms with Gasteiger partial charge in [0.25, 0.3) is 0 Å². The van der Waals surface area contributed by atoms with Gasteiger partial charge in [-0.2, -0.15) is 0 Å². The van der Waals surface area contributed by atoms with Gasteiger partial charge in [-0.25, -0.2) is 14.6 Å². The molecule has 0 radical (unpaired) electrons. The second-order valence-electron chi connectivity index (χ2n) is 6.76. The van der Waals surface area contributed by atoms with E-state index in [-0.39, 0.29) is 10.5 Å². The molecule has 0 saturated carbocycles. The number of hydrogen-bond donors (Lipinski definition) is 0. The summed E-state index contributed by atoms with van der Waals surface area (Å²) in [5.41, 5.74) is 0.812. The monoisotopic (exact) mass is 323 g/mol. The predicted molar refractivity (Wildman–Crippen MR) is 88.8 cm³/mol. The molecule has 0 amide bonds. The number of halogens is 1. The molecule has 1 aromatic carbocycles. The topological polar surface area (TPSA) is 38.7 Å². The Kier molecular flexibility index (Phi) is 3.95. The summed E-state index contributed by atoms with van der Waals surface area (Å²) in [6.45, 7) is 6.53. The van der Waals surface area contributed by atoms with Crippen molar-refractivity contribution in [1.29, 1.82) is 0 Å². The number of aliphatic imine (C=N–C) groups is 1. The van der Waals surface area contributed by atoms with Gasteiger partial charge in [-0.05, 0) is 24.3 Å². The highest BCUT2D eigenvalue weighted by atomic mass is 35.5. The SMILES string of the molecule is CN1C(=Nc2ccc(Cl)cc2)C([Si](C)(C)C)=C([O-])[N+]1(C)C. The van der Waals surface area contributed by atoms with Gasteiger partial charge in [0.1, 0.15) is 0 Å². The molecule has 0 aliphatic carbocycles. The smallest absolute Gasteiger partial charge is 0.181 e. The lowest BCUT2D eigenvalue weighted by Gasteiger charge is -2.36. The first kappa shape index (κ1) is 16.1. The lowest BCUT2D eigenvalue weighted by atomic mass is 10.3. The number of amidine groups is 1. The summed E-state index contributed by atoms with van der Waals surface area (Å²) in [5, 5.41) is 16.3. The largest absolute Gasteiger partial charge is 0.829 e. The van der Waals surface area contributed by atoms with Crippen molar-refractivity contribution in [3.05, 3.63) is 40.4 Å². The minimum absolute atomic E-state index is 0.143. The molecule has 4 nitrogen and oxygen atoms in total. The summed E-state index contributed by atoms with van der Waals surface area (Å²) in [7, 11) is 3.92. The minimum Gasteiger partial charge on any atom is -0.829 e. The summed E-state index contributed by atoms with van der Waals surface area (Å²) in [6, 6.07) is 7.36. The van der Waals surface area contributed by atoms with Crippen LogP contribution in [0.4, 0.5) is 5.69 Å². The summed E-state index contributed by atoms with van der Waals surface area (Å²) >= 11 is 5.91. The van der Waals surface area contributed by atoms with E-state index in [0.29, 0.717) is 5.02 Å². The minimum atomic E-state index is -1.79. The molecule has 0 fully saturated rings. The molecule has 2 rings (SSSR count). The molecule has 0 aromatic heterocycles. The van der Waals surface area contributed by atoms with E-state index in [4.69, 9.17) is 16.6 Å². The molecule has 21 heavy (non-hydrogen) atoms. The van der Waals surface area contributed by atoms with Gasteiger partial charge in [0.05, 0.1) is 40.8 Å². The van der Waals surface area contributed by atoms with Crippen LogP contribution in [-0.4, -0.2) is 44.7 Å². The van der Waals surface area contributed by atoms with E-state index in [9.17, 15) is 5.11 Å². The fourth-order valence-electron chi connectivity index (χ4n) is 2.33. The van der Waals surface area contributed by atoms with Gasteiger partial charge in [-0.3, -0.25) is 0 Å². The molecule has 1 aromatic rings. The van der Waals surface area contributed by atoms with Gasteiger partial charge in [-0.15, -0.1) is 0 Å². The summed E-state index contributed by atoms with van der Waals surface area (Å²) in [5.74, 6) is 0.927. The van der Waals surface area contributed by atoms with Crippen molar-refractivity contribution in [3.63, 3.8) is 0 Å². The molecule has 0 bridgehead atoms. The van der Waals surface area contributed by atoms with Crippen molar-refractivity contribution >= 4 is 31.2 Å². The maximum Gasteiger partial charge on any atom is 0.181 e. The third-order valence-electron chi connectivity index (χ3n) is 3.80. The molecule has 0 atom stereocenters. The number of benzene rings is 1. The fraction of sp³-hybridized carbons (Fsp3) is 0.400. The maximum atomic E-state index is 12.8. The highest BCUT2D eigenvalue weighted by Gasteiger charge is 2.43. The average Bonchev–Trinajstić information content (AvgIpc) is 2.53. The first-order valence-electron chi connectivity index (χ1n) is 6.90. The standard InChI is InChI=1S/C15H22ClN3OSi/c1-18-14(17-12-9-7-11(16)8-10-12)13(21(4,5)6)15(20)19(18,2)3/h7-10H,1-6H3. The number of rotatable bonds is 2. The van der Waals surface area contributed by atoms with E-state index < -0.39 is 8.07 Å². The van der Waals surface area contributed by atoms with Crippen molar-refractivity contribution in [2.75, 3.05) is 21.1 Å². The molecule has 6 heteroatoms. The summed E-state index contributed by atoms with van der Waals surface area (Å²) < 4.78 is 0.187. The van der Waals surface area contributed by atoms with Crippen LogP contribution in [-0.2, 0) is 0 Å². The highest BCUT2D eigenvalue weighted by molar-refractivity contribution is 6.87. The van der Waals surface area contributed by atoms with Crippen LogP contribution in [0.25, 0.3) is 0 Å². The molecule has 0 unspecified atom stereocenters. The van der Waals surface area contributed by atoms with Gasteiger partial charge >= 0.3 is 0 Å². The number of nitrogens with zero attached hydrogens (tertiary/aromatic N) is 3. The number of quaternary nitrogens is 1. The molecule has 0 saturated heterocycles. The molecule has 0 N–H and O–H groups in total. The van der Waals surface area contributed by atoms with Crippen LogP contribution in [0.3, 0.4) is 0 Å². The highest BCUT2D eigenvalue weighted by Crippen LogP contribution is 2.33. The second kappa shape index (κ2) is 5.16. The first-order chi connectivity index (χ1) is 9.55. The first-order valence-corrected chi connectivity index (χ1v) is 10.8. The third-order valence-corrected chi connectivity index (χ3v) is 5.99. The average molecular weight is 324 g/mol. The maximum absolute atomic E-state index is 12.8. The Labute approximate surface area is 132 Å². The van der Waals surface area contributed by atoms with Crippen molar-refractivity contribution in [1.82, 2.24) is 5.01 Å². The predicted octanol–water partition coefficient (Wildman–Crippen LogP) is 2.76. The third kappa shape index (κ3) is 2.86. The van der Waals surface area contributed by atoms with Crippen LogP contribution in [0, 0.1) is 0 Å². The zero-order valence-electron chi connectivity index (χ0n) is 13.4. The molecular weight excluding hydrogens is 302 g/mol. The van der Waals surface area contributed by atoms with Gasteiger partial charge < -0.3 is 5.11 Å². The van der Waals surface area contributed by atoms with Crippen LogP contribution in [0.2, 0.25) is 24.7 Å². The Balaban J connectivity index is 2.58. The molecule has 1 aliphatic rings. The van der Waals surface area contributed by atoms with E-state index in [1.165, 1.54) is 0 Å². The Bertz CT molecular complexity index is 615. The molecule has 114 valence electrons. The normalized spacial score (nSPS) is 20.5. The van der Waals surface area contributed by atoms with Gasteiger partial charge in [0.15, 0.2) is 5.84 Å². The molecule has 1 aliphatic heterocycles. The van der Waals surface area contributed by atoms with E-state index >= 15 is 0 Å². The van der Waals surface area contributed by atoms with Gasteiger partial charge in [0, 0.05) is 10.2 Å². The number of hydrogen-bond acceptors (Lipinski definition) is 2. The number of likely N-dealkylation sites (N-methyl/N-ethyl adjacent to an activating group) is 1. The molecule has 0 spiro atoms. The van der Waals surface area contributed by atoms with Crippen molar-refractivity contribution < 1.29 is 9.70 Å². The summed E-state index contributed by atoms with van der Waals surface area (Å²) in [6.07, 6.45) is 0. The zero-order valence-corrected chi connectivity index (χ0v) is 15.2. The summed E-state index contributed by atoms with van der Waals surface area (Å²) in [4.78, 5) is 4.72. The van der Waals surface area contributed by atoms with Crippen molar-refractivity contribution in [3.8, 4) is 0 Å². The van der Waals surface area contributed by atoms with Gasteiger partial charge in [0.2, 0.25) is 0 Å². The van der Waals surface area contributed by atoms with E-state index in [0.717, 1.165) is 16.7 Å². The fourth-order valence-corrected chi connectivity index (χ4v) is 4.26. The van der Waals surface area contributed by atoms with Crippen LogP contribution in [0.15, 0.2) is 40.3 Å². The lowest BCUT2D eigenvalue weighted by Crippen LogP contribution is -2.51. The van der Waals surface area contributed by atoms with Crippen LogP contribution in [0.5, 0.6) is 0 Å². The van der Waals surface area contributed by atoms with Crippen LogP contribution >= 0.6 is 11.6 Å². The Morgan fingerprint density at radius 1 is 1.14 bits per heavy atom. The Morgan fingerprint density at radius 2 is 1.67 bits per heavy atom. The van der Waals surface area contributed by atoms with Crippen LogP contribution in [0.1, 0.15) is 0 Å². The van der Waals surface area contributed by atoms with Gasteiger partial charge in [-0.1, -0.05) is 31.2 Å². The quantitative estimate of drug-likeness (QED) is 0.620. The van der Waals surface area contributed by atoms with E-state index in [1.54, 1.807) is 0 Å². The molecule has 1 heterocycles. The lowest BCUT2D eigenvalue weighted by molar-refractivity contribution is -0.984. The second-order valence-corrected chi connectivity index (χ2v) is 12.2. The Morgan fingerprint density at radius 3 is 2.14 bits per heavy atom. The van der Waals surface area contributed by atoms with E-state index in [1.807, 2.05) is 50.4 Å². The van der Waals surface area contributed by atoms with Crippen molar-refractivity contribution in [2.45, 2.75) is 19.6 Å². The van der Waals surface area contributed by atoms with Crippen LogP contribution < -0.4 is 5.11 Å². The van der Waals surface area contributed by atoms with Crippen molar-refractivity contribution in [2.24, 2.45) is 4.99 Å². The van der Waals surface area contributed by atoms with E-state index in [2.05, 4.69) is 19.6 Å². The zero-order chi connectivity index (χ0) is 16.0. The molecular formula is C15H22ClN3OSi.